The van der Waals surface area contributed by atoms with Gasteiger partial charge in [-0.05, 0) is 12.0 Å². The fourth-order valence-electron chi connectivity index (χ4n) is 1.96. The number of nitrogens with zero attached hydrogens (tertiary/aromatic N) is 1. The van der Waals surface area contributed by atoms with Crippen molar-refractivity contribution in [3.05, 3.63) is 34.2 Å². The van der Waals surface area contributed by atoms with Gasteiger partial charge < -0.3 is 4.90 Å². The summed E-state index contributed by atoms with van der Waals surface area (Å²) in [7, 11) is 1.82. The molecular formula is C14H16ClNOS. The summed E-state index contributed by atoms with van der Waals surface area (Å²) in [6.45, 7) is 4.93. The van der Waals surface area contributed by atoms with Crippen LogP contribution in [0.15, 0.2) is 24.3 Å². The Morgan fingerprint density at radius 3 is 2.67 bits per heavy atom. The number of thiophene rings is 1. The average Bonchev–Trinajstić information content (AvgIpc) is 2.66. The molecule has 0 bridgehead atoms. The van der Waals surface area contributed by atoms with E-state index in [1.807, 2.05) is 31.3 Å². The van der Waals surface area contributed by atoms with E-state index in [2.05, 4.69) is 13.8 Å². The molecule has 96 valence electrons. The van der Waals surface area contributed by atoms with Crippen LogP contribution in [0.2, 0.25) is 5.02 Å². The molecule has 2 rings (SSSR count). The number of carbonyl (C=O) groups excluding carboxylic acids is 1. The molecule has 0 aliphatic heterocycles. The molecule has 0 aliphatic rings. The van der Waals surface area contributed by atoms with E-state index in [1.165, 1.54) is 11.3 Å². The number of amides is 1. The van der Waals surface area contributed by atoms with E-state index in [1.54, 1.807) is 4.90 Å². The zero-order valence-electron chi connectivity index (χ0n) is 10.7. The van der Waals surface area contributed by atoms with E-state index < -0.39 is 0 Å². The Morgan fingerprint density at radius 2 is 2.06 bits per heavy atom. The van der Waals surface area contributed by atoms with Gasteiger partial charge in [-0.15, -0.1) is 11.3 Å². The highest BCUT2D eigenvalue weighted by Crippen LogP contribution is 2.35. The molecule has 2 nitrogen and oxygen atoms in total. The van der Waals surface area contributed by atoms with Crippen molar-refractivity contribution in [1.29, 1.82) is 0 Å². The predicted molar refractivity (Wildman–Crippen MR) is 78.6 cm³/mol. The minimum atomic E-state index is 0.00917. The maximum Gasteiger partial charge on any atom is 0.265 e. The summed E-state index contributed by atoms with van der Waals surface area (Å²) >= 11 is 7.76. The first-order chi connectivity index (χ1) is 8.50. The van der Waals surface area contributed by atoms with Gasteiger partial charge >= 0.3 is 0 Å². The molecule has 1 amide bonds. The summed E-state index contributed by atoms with van der Waals surface area (Å²) < 4.78 is 1.06. The van der Waals surface area contributed by atoms with E-state index in [4.69, 9.17) is 11.6 Å². The highest BCUT2D eigenvalue weighted by atomic mass is 35.5. The molecule has 0 N–H and O–H groups in total. The van der Waals surface area contributed by atoms with Crippen LogP contribution >= 0.6 is 22.9 Å². The lowest BCUT2D eigenvalue weighted by Gasteiger charge is -2.18. The highest BCUT2D eigenvalue weighted by Gasteiger charge is 2.20. The molecule has 0 atom stereocenters. The maximum atomic E-state index is 12.3. The van der Waals surface area contributed by atoms with Gasteiger partial charge in [0.1, 0.15) is 4.88 Å². The van der Waals surface area contributed by atoms with Crippen LogP contribution in [-0.2, 0) is 0 Å². The topological polar surface area (TPSA) is 20.3 Å². The van der Waals surface area contributed by atoms with Crippen molar-refractivity contribution in [2.24, 2.45) is 5.92 Å². The molecule has 2 aromatic rings. The number of benzene rings is 1. The smallest absolute Gasteiger partial charge is 0.265 e. The molecule has 0 fully saturated rings. The van der Waals surface area contributed by atoms with Crippen molar-refractivity contribution in [3.63, 3.8) is 0 Å². The van der Waals surface area contributed by atoms with Crippen LogP contribution < -0.4 is 0 Å². The second kappa shape index (κ2) is 5.29. The summed E-state index contributed by atoms with van der Waals surface area (Å²) in [6, 6.07) is 7.84. The molecule has 0 saturated carbocycles. The van der Waals surface area contributed by atoms with Crippen LogP contribution in [0.1, 0.15) is 23.5 Å². The van der Waals surface area contributed by atoms with Crippen LogP contribution in [0.4, 0.5) is 0 Å². The lowest BCUT2D eigenvalue weighted by atomic mass is 10.2. The Balaban J connectivity index is 2.36. The SMILES string of the molecule is CC(C)CN(C)C(=O)c1sc2ccccc2c1Cl. The Hall–Kier alpha value is -1.06. The molecule has 18 heavy (non-hydrogen) atoms. The largest absolute Gasteiger partial charge is 0.341 e. The first-order valence-corrected chi connectivity index (χ1v) is 7.12. The van der Waals surface area contributed by atoms with Crippen molar-refractivity contribution in [3.8, 4) is 0 Å². The molecule has 1 aromatic carbocycles. The van der Waals surface area contributed by atoms with Crippen molar-refractivity contribution in [2.45, 2.75) is 13.8 Å². The van der Waals surface area contributed by atoms with Gasteiger partial charge in [-0.2, -0.15) is 0 Å². The highest BCUT2D eigenvalue weighted by molar-refractivity contribution is 7.21. The Bertz CT molecular complexity index is 576. The van der Waals surface area contributed by atoms with E-state index in [-0.39, 0.29) is 5.91 Å². The van der Waals surface area contributed by atoms with Gasteiger partial charge in [0.05, 0.1) is 5.02 Å². The van der Waals surface area contributed by atoms with Crippen molar-refractivity contribution in [1.82, 2.24) is 4.90 Å². The number of fused-ring (bicyclic) bond motifs is 1. The standard InChI is InChI=1S/C14H16ClNOS/c1-9(2)8-16(3)14(17)13-12(15)10-6-4-5-7-11(10)18-13/h4-7,9H,8H2,1-3H3. The second-order valence-electron chi connectivity index (χ2n) is 4.82. The number of rotatable bonds is 3. The Labute approximate surface area is 116 Å². The zero-order valence-corrected chi connectivity index (χ0v) is 12.3. The predicted octanol–water partition coefficient (Wildman–Crippen LogP) is 4.28. The molecule has 0 unspecified atom stereocenters. The minimum Gasteiger partial charge on any atom is -0.341 e. The molecule has 1 aromatic heterocycles. The van der Waals surface area contributed by atoms with Gasteiger partial charge in [-0.25, -0.2) is 0 Å². The van der Waals surface area contributed by atoms with E-state index in [0.717, 1.165) is 16.6 Å². The van der Waals surface area contributed by atoms with E-state index in [9.17, 15) is 4.79 Å². The van der Waals surface area contributed by atoms with Crippen LogP contribution in [-0.4, -0.2) is 24.4 Å². The number of halogens is 1. The molecular weight excluding hydrogens is 266 g/mol. The normalized spacial score (nSPS) is 11.2. The average molecular weight is 282 g/mol. The van der Waals surface area contributed by atoms with Gasteiger partial charge in [0.25, 0.3) is 5.91 Å². The number of hydrogen-bond acceptors (Lipinski definition) is 2. The Kier molecular flexibility index (Phi) is 3.93. The van der Waals surface area contributed by atoms with E-state index in [0.29, 0.717) is 15.8 Å². The number of carbonyl (C=O) groups is 1. The third kappa shape index (κ3) is 2.52. The zero-order chi connectivity index (χ0) is 13.3. The second-order valence-corrected chi connectivity index (χ2v) is 6.25. The van der Waals surface area contributed by atoms with Gasteiger partial charge in [0.2, 0.25) is 0 Å². The van der Waals surface area contributed by atoms with Crippen molar-refractivity contribution in [2.75, 3.05) is 13.6 Å². The fraction of sp³-hybridized carbons (Fsp3) is 0.357. The van der Waals surface area contributed by atoms with Crippen LogP contribution in [0.3, 0.4) is 0 Å². The van der Waals surface area contributed by atoms with Gasteiger partial charge in [0, 0.05) is 23.7 Å². The molecule has 0 spiro atoms. The van der Waals surface area contributed by atoms with Gasteiger partial charge in [0.15, 0.2) is 0 Å². The maximum absolute atomic E-state index is 12.3. The van der Waals surface area contributed by atoms with Gasteiger partial charge in [-0.3, -0.25) is 4.79 Å². The summed E-state index contributed by atoms with van der Waals surface area (Å²) in [5.41, 5.74) is 0. The van der Waals surface area contributed by atoms with E-state index >= 15 is 0 Å². The summed E-state index contributed by atoms with van der Waals surface area (Å²) in [5.74, 6) is 0.460. The summed E-state index contributed by atoms with van der Waals surface area (Å²) in [4.78, 5) is 14.7. The van der Waals surface area contributed by atoms with Crippen LogP contribution in [0, 0.1) is 5.92 Å². The first kappa shape index (κ1) is 13.4. The summed E-state index contributed by atoms with van der Waals surface area (Å²) in [6.07, 6.45) is 0. The van der Waals surface area contributed by atoms with Crippen molar-refractivity contribution >= 4 is 38.9 Å². The third-order valence-corrected chi connectivity index (χ3v) is 4.38. The molecule has 1 heterocycles. The minimum absolute atomic E-state index is 0.00917. The first-order valence-electron chi connectivity index (χ1n) is 5.93. The molecule has 0 aliphatic carbocycles. The summed E-state index contributed by atoms with van der Waals surface area (Å²) in [5, 5.41) is 1.54. The monoisotopic (exact) mass is 281 g/mol. The lowest BCUT2D eigenvalue weighted by molar-refractivity contribution is 0.0784. The van der Waals surface area contributed by atoms with Gasteiger partial charge in [-0.1, -0.05) is 43.6 Å². The molecule has 0 radical (unpaired) electrons. The van der Waals surface area contributed by atoms with Crippen LogP contribution in [0.25, 0.3) is 10.1 Å². The molecule has 0 saturated heterocycles. The fourth-order valence-corrected chi connectivity index (χ4v) is 3.46. The lowest BCUT2D eigenvalue weighted by Crippen LogP contribution is -2.29. The van der Waals surface area contributed by atoms with Crippen LogP contribution in [0.5, 0.6) is 0 Å². The Morgan fingerprint density at radius 1 is 1.39 bits per heavy atom. The van der Waals surface area contributed by atoms with Crippen molar-refractivity contribution < 1.29 is 4.79 Å². The quantitative estimate of drug-likeness (QED) is 0.822. The third-order valence-electron chi connectivity index (χ3n) is 2.71. The number of hydrogen-bond donors (Lipinski definition) is 0. The molecule has 4 heteroatoms.